The predicted molar refractivity (Wildman–Crippen MR) is 135 cm³/mol. The van der Waals surface area contributed by atoms with Crippen molar-refractivity contribution in [3.8, 4) is 0 Å². The summed E-state index contributed by atoms with van der Waals surface area (Å²) in [5, 5.41) is 0. The lowest BCUT2D eigenvalue weighted by Gasteiger charge is -2.38. The van der Waals surface area contributed by atoms with Crippen molar-refractivity contribution < 1.29 is 21.6 Å². The summed E-state index contributed by atoms with van der Waals surface area (Å²) in [6.45, 7) is 1.74. The Balaban J connectivity index is 1.30. The molecule has 2 heterocycles. The molecular formula is C25H33N3O5S2. The molecule has 2 fully saturated rings. The van der Waals surface area contributed by atoms with Gasteiger partial charge in [-0.05, 0) is 43.4 Å². The van der Waals surface area contributed by atoms with Gasteiger partial charge in [0.1, 0.15) is 0 Å². The number of nitrogens with zero attached hydrogens (tertiary/aromatic N) is 3. The van der Waals surface area contributed by atoms with E-state index in [9.17, 15) is 21.6 Å². The summed E-state index contributed by atoms with van der Waals surface area (Å²) < 4.78 is 54.4. The fraction of sp³-hybridized carbons (Fsp3) is 0.480. The Labute approximate surface area is 208 Å². The average molecular weight is 520 g/mol. The summed E-state index contributed by atoms with van der Waals surface area (Å²) in [5.74, 6) is -0.394. The van der Waals surface area contributed by atoms with Crippen molar-refractivity contribution in [3.63, 3.8) is 0 Å². The lowest BCUT2D eigenvalue weighted by molar-refractivity contribution is -0.137. The fourth-order valence-electron chi connectivity index (χ4n) is 4.78. The minimum atomic E-state index is -3.59. The third-order valence-electron chi connectivity index (χ3n) is 6.77. The molecule has 35 heavy (non-hydrogen) atoms. The van der Waals surface area contributed by atoms with E-state index in [0.29, 0.717) is 45.3 Å². The first-order chi connectivity index (χ1) is 16.8. The highest BCUT2D eigenvalue weighted by Gasteiger charge is 2.36. The van der Waals surface area contributed by atoms with Crippen LogP contribution in [0.5, 0.6) is 0 Å². The molecule has 0 aromatic heterocycles. The minimum Gasteiger partial charge on any atom is -0.340 e. The molecule has 0 radical (unpaired) electrons. The summed E-state index contributed by atoms with van der Waals surface area (Å²) in [7, 11) is -7.02. The van der Waals surface area contributed by atoms with Crippen LogP contribution in [0.3, 0.4) is 0 Å². The van der Waals surface area contributed by atoms with Gasteiger partial charge in [0.15, 0.2) is 0 Å². The van der Waals surface area contributed by atoms with Crippen molar-refractivity contribution in [2.24, 2.45) is 5.92 Å². The van der Waals surface area contributed by atoms with Gasteiger partial charge in [-0.2, -0.15) is 4.31 Å². The van der Waals surface area contributed by atoms with Crippen LogP contribution in [-0.4, -0.2) is 81.3 Å². The Morgan fingerprint density at radius 2 is 1.43 bits per heavy atom. The number of rotatable bonds is 8. The zero-order chi connectivity index (χ0) is 24.9. The van der Waals surface area contributed by atoms with Crippen LogP contribution in [0.25, 0.3) is 0 Å². The maximum absolute atomic E-state index is 13.2. The van der Waals surface area contributed by atoms with Crippen LogP contribution in [0, 0.1) is 5.92 Å². The number of hydrogen-bond donors (Lipinski definition) is 0. The standard InChI is InChI=1S/C25H33N3O5S2/c29-25(26-16-18-27(19-17-26)35(32,33)24-13-5-2-6-14-24)23-12-7-15-28(21-23)34(30,31)20-8-11-22-9-3-1-4-10-22/h1-6,9-10,13-14,23H,7-8,11-12,15-21H2/t23-/m1/s1. The SMILES string of the molecule is O=C([C@@H]1CCCN(S(=O)(=O)CCCc2ccccc2)C1)N1CCN(S(=O)(=O)c2ccccc2)CC1. The first-order valence-electron chi connectivity index (χ1n) is 12.1. The molecule has 0 saturated carbocycles. The normalized spacial score (nSPS) is 20.6. The Bertz CT molecular complexity index is 1200. The highest BCUT2D eigenvalue weighted by molar-refractivity contribution is 7.89. The number of sulfonamides is 2. The highest BCUT2D eigenvalue weighted by atomic mass is 32.2. The third-order valence-corrected chi connectivity index (χ3v) is 10.6. The number of benzene rings is 2. The minimum absolute atomic E-state index is 0.0683. The smallest absolute Gasteiger partial charge is 0.243 e. The number of hydrogen-bond acceptors (Lipinski definition) is 5. The highest BCUT2D eigenvalue weighted by Crippen LogP contribution is 2.24. The molecule has 1 amide bonds. The molecule has 4 rings (SSSR count). The van der Waals surface area contributed by atoms with Gasteiger partial charge >= 0.3 is 0 Å². The Kier molecular flexibility index (Phi) is 8.26. The second-order valence-corrected chi connectivity index (χ2v) is 13.2. The van der Waals surface area contributed by atoms with Crippen LogP contribution in [0.1, 0.15) is 24.8 Å². The van der Waals surface area contributed by atoms with E-state index in [1.807, 2.05) is 30.3 Å². The second-order valence-electron chi connectivity index (χ2n) is 9.14. The fourth-order valence-corrected chi connectivity index (χ4v) is 7.80. The average Bonchev–Trinajstić information content (AvgIpc) is 2.89. The van der Waals surface area contributed by atoms with Gasteiger partial charge in [-0.15, -0.1) is 0 Å². The molecule has 2 aliphatic heterocycles. The lowest BCUT2D eigenvalue weighted by atomic mass is 9.98. The van der Waals surface area contributed by atoms with Gasteiger partial charge in [-0.1, -0.05) is 48.5 Å². The van der Waals surface area contributed by atoms with Crippen LogP contribution in [0.15, 0.2) is 65.6 Å². The summed E-state index contributed by atoms with van der Waals surface area (Å²) in [5.41, 5.74) is 1.11. The van der Waals surface area contributed by atoms with Gasteiger partial charge in [0.25, 0.3) is 0 Å². The van der Waals surface area contributed by atoms with Crippen molar-refractivity contribution >= 4 is 26.0 Å². The molecule has 190 valence electrons. The monoisotopic (exact) mass is 519 g/mol. The first kappa shape index (κ1) is 25.8. The topological polar surface area (TPSA) is 95.1 Å². The Hall–Kier alpha value is -2.27. The molecule has 0 unspecified atom stereocenters. The van der Waals surface area contributed by atoms with Crippen LogP contribution in [0.4, 0.5) is 0 Å². The summed E-state index contributed by atoms with van der Waals surface area (Å²) >= 11 is 0. The molecule has 0 aliphatic carbocycles. The number of piperazine rings is 1. The molecule has 10 heteroatoms. The molecule has 2 aromatic carbocycles. The van der Waals surface area contributed by atoms with Gasteiger partial charge in [0.05, 0.1) is 16.6 Å². The molecule has 1 atom stereocenters. The van der Waals surface area contributed by atoms with E-state index < -0.39 is 20.0 Å². The summed E-state index contributed by atoms with van der Waals surface area (Å²) in [6.07, 6.45) is 2.54. The van der Waals surface area contributed by atoms with E-state index in [4.69, 9.17) is 0 Å². The second kappa shape index (κ2) is 11.2. The van der Waals surface area contributed by atoms with Gasteiger partial charge in [-0.25, -0.2) is 21.1 Å². The van der Waals surface area contributed by atoms with E-state index in [0.717, 1.165) is 5.56 Å². The Morgan fingerprint density at radius 1 is 0.800 bits per heavy atom. The maximum atomic E-state index is 13.2. The van der Waals surface area contributed by atoms with E-state index in [-0.39, 0.29) is 42.1 Å². The van der Waals surface area contributed by atoms with E-state index in [2.05, 4.69) is 0 Å². The molecular weight excluding hydrogens is 486 g/mol. The van der Waals surface area contributed by atoms with E-state index in [1.165, 1.54) is 8.61 Å². The van der Waals surface area contributed by atoms with Gasteiger partial charge in [0, 0.05) is 39.3 Å². The Morgan fingerprint density at radius 3 is 2.09 bits per heavy atom. The van der Waals surface area contributed by atoms with Crippen molar-refractivity contribution in [1.29, 1.82) is 0 Å². The molecule has 8 nitrogen and oxygen atoms in total. The van der Waals surface area contributed by atoms with Crippen LogP contribution >= 0.6 is 0 Å². The quantitative estimate of drug-likeness (QED) is 0.533. The summed E-state index contributed by atoms with van der Waals surface area (Å²) in [4.78, 5) is 15.1. The largest absolute Gasteiger partial charge is 0.340 e. The van der Waals surface area contributed by atoms with Crippen molar-refractivity contribution in [2.75, 3.05) is 45.0 Å². The molecule has 2 saturated heterocycles. The maximum Gasteiger partial charge on any atom is 0.243 e. The number of piperidine rings is 1. The lowest BCUT2D eigenvalue weighted by Crippen LogP contribution is -2.54. The zero-order valence-corrected chi connectivity index (χ0v) is 21.5. The molecule has 0 bridgehead atoms. The number of aryl methyl sites for hydroxylation is 1. The number of amides is 1. The van der Waals surface area contributed by atoms with Gasteiger partial charge in [0.2, 0.25) is 26.0 Å². The van der Waals surface area contributed by atoms with Crippen LogP contribution in [-0.2, 0) is 31.3 Å². The summed E-state index contributed by atoms with van der Waals surface area (Å²) in [6, 6.07) is 18.1. The van der Waals surface area contributed by atoms with Crippen molar-refractivity contribution in [1.82, 2.24) is 13.5 Å². The van der Waals surface area contributed by atoms with Gasteiger partial charge < -0.3 is 4.90 Å². The van der Waals surface area contributed by atoms with Crippen molar-refractivity contribution in [3.05, 3.63) is 66.2 Å². The van der Waals surface area contributed by atoms with Crippen molar-refractivity contribution in [2.45, 2.75) is 30.6 Å². The van der Waals surface area contributed by atoms with Crippen LogP contribution < -0.4 is 0 Å². The van der Waals surface area contributed by atoms with Gasteiger partial charge in [-0.3, -0.25) is 4.79 Å². The predicted octanol–water partition coefficient (Wildman–Crippen LogP) is 2.19. The molecule has 0 N–H and O–H groups in total. The zero-order valence-electron chi connectivity index (χ0n) is 19.8. The van der Waals surface area contributed by atoms with E-state index >= 15 is 0 Å². The first-order valence-corrected chi connectivity index (χ1v) is 15.2. The molecule has 2 aromatic rings. The third kappa shape index (κ3) is 6.30. The van der Waals surface area contributed by atoms with Crippen LogP contribution in [0.2, 0.25) is 0 Å². The number of carbonyl (C=O) groups excluding carboxylic acids is 1. The van der Waals surface area contributed by atoms with E-state index in [1.54, 1.807) is 35.2 Å². The number of carbonyl (C=O) groups is 1. The molecule has 0 spiro atoms. The molecule has 2 aliphatic rings.